The molecule has 0 spiro atoms. The number of esters is 1. The predicted molar refractivity (Wildman–Crippen MR) is 112 cm³/mol. The minimum absolute atomic E-state index is 0.0527. The zero-order chi connectivity index (χ0) is 21.9. The van der Waals surface area contributed by atoms with E-state index in [1.54, 1.807) is 6.07 Å². The van der Waals surface area contributed by atoms with Crippen LogP contribution >= 0.6 is 0 Å². The van der Waals surface area contributed by atoms with Crippen LogP contribution in [-0.4, -0.2) is 27.1 Å². The average Bonchev–Trinajstić information content (AvgIpc) is 3.06. The summed E-state index contributed by atoms with van der Waals surface area (Å²) in [6.07, 6.45) is 5.62. The van der Waals surface area contributed by atoms with Gasteiger partial charge in [0.05, 0.1) is 5.56 Å². The van der Waals surface area contributed by atoms with Gasteiger partial charge in [0, 0.05) is 11.8 Å². The molecule has 2 saturated carbocycles. The van der Waals surface area contributed by atoms with E-state index in [4.69, 9.17) is 4.74 Å². The molecule has 162 valence electrons. The monoisotopic (exact) mass is 422 g/mol. The van der Waals surface area contributed by atoms with E-state index in [0.717, 1.165) is 44.2 Å². The van der Waals surface area contributed by atoms with E-state index in [1.165, 1.54) is 11.1 Å². The maximum atomic E-state index is 12.5. The molecular formula is C25H26O6. The van der Waals surface area contributed by atoms with Gasteiger partial charge in [-0.25, -0.2) is 4.79 Å². The lowest BCUT2D eigenvalue weighted by Crippen LogP contribution is -2.42. The third-order valence-electron chi connectivity index (χ3n) is 7.92. The van der Waals surface area contributed by atoms with E-state index >= 15 is 0 Å². The van der Waals surface area contributed by atoms with Crippen molar-refractivity contribution in [1.82, 2.24) is 0 Å². The molecule has 2 aromatic carbocycles. The Hall–Kier alpha value is -3.02. The fraction of sp³-hybridized carbons (Fsp3) is 0.440. The molecule has 2 aromatic rings. The number of ether oxygens (including phenoxy) is 1. The number of aromatic hydroxyl groups is 3. The highest BCUT2D eigenvalue weighted by molar-refractivity contribution is 5.92. The summed E-state index contributed by atoms with van der Waals surface area (Å²) in [7, 11) is 0. The quantitative estimate of drug-likeness (QED) is 0.375. The van der Waals surface area contributed by atoms with Crippen LogP contribution in [0.25, 0.3) is 0 Å². The number of phenols is 3. The maximum absolute atomic E-state index is 12.5. The number of carbonyl (C=O) groups excluding carboxylic acids is 2. The van der Waals surface area contributed by atoms with Crippen LogP contribution in [0, 0.1) is 17.3 Å². The highest BCUT2D eigenvalue weighted by Crippen LogP contribution is 2.59. The van der Waals surface area contributed by atoms with Crippen LogP contribution in [0.15, 0.2) is 30.3 Å². The third-order valence-corrected chi connectivity index (χ3v) is 7.92. The molecule has 3 N–H and O–H groups in total. The van der Waals surface area contributed by atoms with Gasteiger partial charge in [-0.15, -0.1) is 0 Å². The van der Waals surface area contributed by atoms with Gasteiger partial charge in [0.1, 0.15) is 11.5 Å². The van der Waals surface area contributed by atoms with Crippen molar-refractivity contribution in [3.05, 3.63) is 47.0 Å². The van der Waals surface area contributed by atoms with Crippen LogP contribution in [0.1, 0.15) is 66.4 Å². The minimum atomic E-state index is -0.725. The standard InChI is InChI=1S/C25H26O6/c1-25-9-8-17-16-5-3-15(31-24(30)14-11-20(26)23(29)21(27)12-14)10-13(16)2-4-18(17)19(25)6-7-22(25)28/h3,5,10-12,17-19,26-27,29H,2,4,6-9H2,1H3/t17-,18-,19+,25+/m1/s1. The normalized spacial score (nSPS) is 29.1. The van der Waals surface area contributed by atoms with Gasteiger partial charge in [-0.3, -0.25) is 4.79 Å². The molecule has 0 unspecified atom stereocenters. The number of Topliss-reactive ketones (excluding diaryl/α,β-unsaturated/α-hetero) is 1. The van der Waals surface area contributed by atoms with Crippen molar-refractivity contribution in [3.8, 4) is 23.0 Å². The molecule has 0 saturated heterocycles. The Labute approximate surface area is 180 Å². The van der Waals surface area contributed by atoms with Gasteiger partial charge in [0.2, 0.25) is 0 Å². The zero-order valence-electron chi connectivity index (χ0n) is 17.4. The molecule has 2 fully saturated rings. The zero-order valence-corrected chi connectivity index (χ0v) is 17.4. The van der Waals surface area contributed by atoms with E-state index in [2.05, 4.69) is 6.92 Å². The molecule has 0 bridgehead atoms. The van der Waals surface area contributed by atoms with Crippen molar-refractivity contribution >= 4 is 11.8 Å². The molecular weight excluding hydrogens is 396 g/mol. The number of ketones is 1. The molecule has 3 aliphatic carbocycles. The van der Waals surface area contributed by atoms with Crippen LogP contribution in [0.2, 0.25) is 0 Å². The number of phenolic OH excluding ortho intramolecular Hbond substituents is 3. The van der Waals surface area contributed by atoms with Crippen molar-refractivity contribution in [1.29, 1.82) is 0 Å². The molecule has 0 aromatic heterocycles. The smallest absolute Gasteiger partial charge is 0.343 e. The highest BCUT2D eigenvalue weighted by Gasteiger charge is 2.54. The van der Waals surface area contributed by atoms with Gasteiger partial charge in [-0.2, -0.15) is 0 Å². The number of hydrogen-bond acceptors (Lipinski definition) is 6. The van der Waals surface area contributed by atoms with Crippen molar-refractivity contribution in [2.24, 2.45) is 17.3 Å². The molecule has 6 heteroatoms. The van der Waals surface area contributed by atoms with E-state index in [9.17, 15) is 24.9 Å². The Balaban J connectivity index is 1.37. The fourth-order valence-electron chi connectivity index (χ4n) is 6.28. The highest BCUT2D eigenvalue weighted by atomic mass is 16.5. The summed E-state index contributed by atoms with van der Waals surface area (Å²) in [5.41, 5.74) is 2.28. The van der Waals surface area contributed by atoms with Crippen molar-refractivity contribution in [2.45, 2.75) is 51.4 Å². The van der Waals surface area contributed by atoms with Gasteiger partial charge < -0.3 is 20.1 Å². The Kier molecular flexibility index (Phi) is 4.50. The van der Waals surface area contributed by atoms with Crippen LogP contribution in [0.4, 0.5) is 0 Å². The lowest BCUT2D eigenvalue weighted by molar-refractivity contribution is -0.129. The predicted octanol–water partition coefficient (Wildman–Crippen LogP) is 4.45. The molecule has 31 heavy (non-hydrogen) atoms. The van der Waals surface area contributed by atoms with E-state index in [-0.39, 0.29) is 11.0 Å². The van der Waals surface area contributed by atoms with Crippen LogP contribution < -0.4 is 4.74 Å². The van der Waals surface area contributed by atoms with E-state index in [1.807, 2.05) is 12.1 Å². The molecule has 4 atom stereocenters. The summed E-state index contributed by atoms with van der Waals surface area (Å²) in [6, 6.07) is 7.84. The van der Waals surface area contributed by atoms with Gasteiger partial charge in [-0.1, -0.05) is 13.0 Å². The first-order chi connectivity index (χ1) is 14.8. The first-order valence-corrected chi connectivity index (χ1v) is 10.9. The SMILES string of the molecule is C[C@]12CC[C@@H]3c4ccc(OC(=O)c5cc(O)c(O)c(O)c5)cc4CC[C@H]3[C@@H]1CCC2=O. The fourth-order valence-corrected chi connectivity index (χ4v) is 6.28. The third kappa shape index (κ3) is 3.08. The van der Waals surface area contributed by atoms with Crippen molar-refractivity contribution in [2.75, 3.05) is 0 Å². The Bertz CT molecular complexity index is 1070. The van der Waals surface area contributed by atoms with Crippen LogP contribution in [0.3, 0.4) is 0 Å². The van der Waals surface area contributed by atoms with E-state index < -0.39 is 23.2 Å². The number of aryl methyl sites for hydroxylation is 1. The molecule has 0 aliphatic heterocycles. The Morgan fingerprint density at radius 1 is 1.03 bits per heavy atom. The molecule has 0 heterocycles. The first-order valence-electron chi connectivity index (χ1n) is 10.9. The van der Waals surface area contributed by atoms with Crippen molar-refractivity contribution in [3.63, 3.8) is 0 Å². The first kappa shape index (κ1) is 19.9. The second-order valence-electron chi connectivity index (χ2n) is 9.45. The van der Waals surface area contributed by atoms with Crippen molar-refractivity contribution < 1.29 is 29.6 Å². The molecule has 0 radical (unpaired) electrons. The van der Waals surface area contributed by atoms with Crippen LogP contribution in [-0.2, 0) is 11.2 Å². The van der Waals surface area contributed by atoms with Gasteiger partial charge >= 0.3 is 5.97 Å². The largest absolute Gasteiger partial charge is 0.504 e. The summed E-state index contributed by atoms with van der Waals surface area (Å²) < 4.78 is 5.46. The maximum Gasteiger partial charge on any atom is 0.343 e. The molecule has 3 aliphatic rings. The molecule has 5 rings (SSSR count). The number of rotatable bonds is 2. The Morgan fingerprint density at radius 2 is 1.77 bits per heavy atom. The van der Waals surface area contributed by atoms with Gasteiger partial charge in [0.25, 0.3) is 0 Å². The summed E-state index contributed by atoms with van der Waals surface area (Å²) >= 11 is 0. The lowest BCUT2D eigenvalue weighted by Gasteiger charge is -2.48. The number of carbonyl (C=O) groups is 2. The minimum Gasteiger partial charge on any atom is -0.504 e. The number of hydrogen-bond donors (Lipinski definition) is 3. The van der Waals surface area contributed by atoms with E-state index in [0.29, 0.717) is 35.7 Å². The second kappa shape index (κ2) is 7.01. The lowest BCUT2D eigenvalue weighted by atomic mass is 9.55. The Morgan fingerprint density at radius 3 is 2.52 bits per heavy atom. The molecule has 0 amide bonds. The average molecular weight is 422 g/mol. The summed E-state index contributed by atoms with van der Waals surface area (Å²) in [4.78, 5) is 24.9. The number of benzene rings is 2. The summed E-state index contributed by atoms with van der Waals surface area (Å²) in [6.45, 7) is 2.17. The van der Waals surface area contributed by atoms with Gasteiger partial charge in [-0.05, 0) is 85.3 Å². The topological polar surface area (TPSA) is 104 Å². The number of fused-ring (bicyclic) bond motifs is 5. The second-order valence-corrected chi connectivity index (χ2v) is 9.45. The van der Waals surface area contributed by atoms with Gasteiger partial charge in [0.15, 0.2) is 17.2 Å². The molecule has 6 nitrogen and oxygen atoms in total. The summed E-state index contributed by atoms with van der Waals surface area (Å²) in [5.74, 6) is -0.265. The summed E-state index contributed by atoms with van der Waals surface area (Å²) in [5, 5.41) is 28.7. The van der Waals surface area contributed by atoms with Crippen LogP contribution in [0.5, 0.6) is 23.0 Å².